The lowest BCUT2D eigenvalue weighted by molar-refractivity contribution is 0.0593. The lowest BCUT2D eigenvalue weighted by Gasteiger charge is -2.12. The summed E-state index contributed by atoms with van der Waals surface area (Å²) >= 11 is 0. The van der Waals surface area contributed by atoms with Gasteiger partial charge in [-0.3, -0.25) is 0 Å². The Bertz CT molecular complexity index is 1230. The topological polar surface area (TPSA) is 76.7 Å². The molecule has 0 saturated heterocycles. The van der Waals surface area contributed by atoms with Crippen LogP contribution in [0.1, 0.15) is 52.2 Å². The van der Waals surface area contributed by atoms with Crippen molar-refractivity contribution in [2.45, 2.75) is 24.9 Å². The van der Waals surface area contributed by atoms with E-state index >= 15 is 0 Å². The highest BCUT2D eigenvalue weighted by atomic mass is 16.5. The van der Waals surface area contributed by atoms with Gasteiger partial charge < -0.3 is 9.84 Å². The Labute approximate surface area is 173 Å². The van der Waals surface area contributed by atoms with Crippen molar-refractivity contribution in [1.82, 2.24) is 14.6 Å². The predicted octanol–water partition coefficient (Wildman–Crippen LogP) is 4.14. The molecule has 3 heterocycles. The molecule has 0 spiro atoms. The number of rotatable bonds is 5. The first-order chi connectivity index (χ1) is 14.7. The lowest BCUT2D eigenvalue weighted by Crippen LogP contribution is -2.09. The molecule has 4 aromatic rings. The van der Waals surface area contributed by atoms with Crippen molar-refractivity contribution >= 4 is 11.5 Å². The van der Waals surface area contributed by atoms with Gasteiger partial charge in [-0.05, 0) is 42.5 Å². The van der Waals surface area contributed by atoms with Crippen LogP contribution < -0.4 is 0 Å². The monoisotopic (exact) mass is 399 g/mol. The minimum Gasteiger partial charge on any atom is -0.464 e. The van der Waals surface area contributed by atoms with Crippen LogP contribution in [0.25, 0.3) is 16.8 Å². The average Bonchev–Trinajstić information content (AvgIpc) is 3.58. The summed E-state index contributed by atoms with van der Waals surface area (Å²) in [4.78, 5) is 16.2. The van der Waals surface area contributed by atoms with Crippen molar-refractivity contribution in [2.24, 2.45) is 0 Å². The van der Waals surface area contributed by atoms with E-state index in [1.165, 1.54) is 25.5 Å². The van der Waals surface area contributed by atoms with Gasteiger partial charge in [0, 0.05) is 17.3 Å². The number of aliphatic hydroxyl groups is 1. The van der Waals surface area contributed by atoms with Crippen molar-refractivity contribution < 1.29 is 14.6 Å². The molecule has 1 aromatic carbocycles. The van der Waals surface area contributed by atoms with Crippen molar-refractivity contribution in [3.8, 4) is 11.3 Å². The molecule has 1 unspecified atom stereocenters. The molecule has 1 aliphatic rings. The zero-order valence-corrected chi connectivity index (χ0v) is 16.5. The predicted molar refractivity (Wildman–Crippen MR) is 112 cm³/mol. The van der Waals surface area contributed by atoms with E-state index in [0.717, 1.165) is 11.1 Å². The molecular formula is C24H21N3O3. The first-order valence-electron chi connectivity index (χ1n) is 9.96. The number of carbonyl (C=O) groups is 1. The third-order valence-electron chi connectivity index (χ3n) is 5.51. The standard InChI is InChI=1S/C24H21N3O3/c1-30-24(29)19-9-5-8-18(25-19)23(28)21-20-13-12-17(15-10-11-15)14-27(20)26-22(21)16-6-3-2-4-7-16/h2-9,12-15,23,28H,10-11H2,1H3. The summed E-state index contributed by atoms with van der Waals surface area (Å²) in [5.74, 6) is 0.0619. The van der Waals surface area contributed by atoms with E-state index < -0.39 is 12.1 Å². The van der Waals surface area contributed by atoms with Crippen LogP contribution in [0.3, 0.4) is 0 Å². The first-order valence-corrected chi connectivity index (χ1v) is 9.96. The van der Waals surface area contributed by atoms with Gasteiger partial charge in [-0.25, -0.2) is 14.3 Å². The van der Waals surface area contributed by atoms with Gasteiger partial charge in [0.25, 0.3) is 0 Å². The number of fused-ring (bicyclic) bond motifs is 1. The number of benzene rings is 1. The molecule has 3 aromatic heterocycles. The highest BCUT2D eigenvalue weighted by molar-refractivity contribution is 5.87. The summed E-state index contributed by atoms with van der Waals surface area (Å²) in [5, 5.41) is 16.1. The largest absolute Gasteiger partial charge is 0.464 e. The molecular weight excluding hydrogens is 378 g/mol. The van der Waals surface area contributed by atoms with Gasteiger partial charge in [-0.2, -0.15) is 5.10 Å². The molecule has 0 aliphatic heterocycles. The molecule has 30 heavy (non-hydrogen) atoms. The number of aliphatic hydroxyl groups excluding tert-OH is 1. The lowest BCUT2D eigenvalue weighted by atomic mass is 9.99. The second-order valence-corrected chi connectivity index (χ2v) is 7.54. The SMILES string of the molecule is COC(=O)c1cccc(C(O)c2c(-c3ccccc3)nn3cc(C4CC4)ccc23)n1. The van der Waals surface area contributed by atoms with Crippen molar-refractivity contribution in [1.29, 1.82) is 0 Å². The summed E-state index contributed by atoms with van der Waals surface area (Å²) in [7, 11) is 1.31. The number of carbonyl (C=O) groups excluding carboxylic acids is 1. The molecule has 0 amide bonds. The number of pyridine rings is 2. The number of methoxy groups -OCH3 is 1. The maximum Gasteiger partial charge on any atom is 0.356 e. The van der Waals surface area contributed by atoms with E-state index in [0.29, 0.717) is 22.9 Å². The Morgan fingerprint density at radius 2 is 1.90 bits per heavy atom. The Hall–Kier alpha value is -3.51. The summed E-state index contributed by atoms with van der Waals surface area (Å²) in [5.41, 5.74) is 4.87. The Morgan fingerprint density at radius 3 is 2.63 bits per heavy atom. The quantitative estimate of drug-likeness (QED) is 0.511. The minimum absolute atomic E-state index is 0.155. The highest BCUT2D eigenvalue weighted by Crippen LogP contribution is 2.41. The summed E-state index contributed by atoms with van der Waals surface area (Å²) < 4.78 is 6.61. The van der Waals surface area contributed by atoms with E-state index in [1.54, 1.807) is 18.2 Å². The number of ether oxygens (including phenoxy) is 1. The van der Waals surface area contributed by atoms with Gasteiger partial charge >= 0.3 is 5.97 Å². The summed E-state index contributed by atoms with van der Waals surface area (Å²) in [6.07, 6.45) is 3.42. The highest BCUT2D eigenvalue weighted by Gasteiger charge is 2.27. The number of hydrogen-bond donors (Lipinski definition) is 1. The molecule has 1 saturated carbocycles. The third-order valence-corrected chi connectivity index (χ3v) is 5.51. The van der Waals surface area contributed by atoms with E-state index in [1.807, 2.05) is 47.1 Å². The number of hydrogen-bond acceptors (Lipinski definition) is 5. The normalized spacial score (nSPS) is 14.6. The molecule has 0 radical (unpaired) electrons. The van der Waals surface area contributed by atoms with E-state index in [-0.39, 0.29) is 5.69 Å². The van der Waals surface area contributed by atoms with Crippen LogP contribution in [0.4, 0.5) is 0 Å². The van der Waals surface area contributed by atoms with Gasteiger partial charge in [0.1, 0.15) is 11.8 Å². The first kappa shape index (κ1) is 18.5. The zero-order chi connectivity index (χ0) is 20.7. The van der Waals surface area contributed by atoms with Gasteiger partial charge in [0.05, 0.1) is 24.0 Å². The number of aromatic nitrogens is 3. The minimum atomic E-state index is -1.05. The van der Waals surface area contributed by atoms with Gasteiger partial charge in [-0.1, -0.05) is 42.5 Å². The van der Waals surface area contributed by atoms with Crippen LogP contribution in [-0.4, -0.2) is 32.8 Å². The molecule has 0 bridgehead atoms. The molecule has 1 atom stereocenters. The molecule has 150 valence electrons. The zero-order valence-electron chi connectivity index (χ0n) is 16.5. The van der Waals surface area contributed by atoms with Crippen molar-refractivity contribution in [3.63, 3.8) is 0 Å². The fraction of sp³-hybridized carbons (Fsp3) is 0.208. The van der Waals surface area contributed by atoms with Crippen LogP contribution in [0.15, 0.2) is 66.9 Å². The van der Waals surface area contributed by atoms with E-state index in [2.05, 4.69) is 11.1 Å². The Morgan fingerprint density at radius 1 is 1.10 bits per heavy atom. The van der Waals surface area contributed by atoms with Crippen LogP contribution in [-0.2, 0) is 4.74 Å². The second kappa shape index (κ2) is 7.39. The van der Waals surface area contributed by atoms with Crippen LogP contribution in [0, 0.1) is 0 Å². The van der Waals surface area contributed by atoms with Crippen LogP contribution in [0.5, 0.6) is 0 Å². The van der Waals surface area contributed by atoms with Crippen LogP contribution >= 0.6 is 0 Å². The maximum absolute atomic E-state index is 11.9. The average molecular weight is 399 g/mol. The molecule has 6 heteroatoms. The van der Waals surface area contributed by atoms with E-state index in [9.17, 15) is 9.90 Å². The maximum atomic E-state index is 11.9. The summed E-state index contributed by atoms with van der Waals surface area (Å²) in [6.45, 7) is 0. The second-order valence-electron chi connectivity index (χ2n) is 7.54. The number of nitrogens with zero attached hydrogens (tertiary/aromatic N) is 3. The van der Waals surface area contributed by atoms with Crippen molar-refractivity contribution in [3.05, 3.63) is 89.4 Å². The molecule has 6 nitrogen and oxygen atoms in total. The van der Waals surface area contributed by atoms with Gasteiger partial charge in [0.2, 0.25) is 0 Å². The molecule has 1 aliphatic carbocycles. The van der Waals surface area contributed by atoms with Gasteiger partial charge in [-0.15, -0.1) is 0 Å². The molecule has 1 N–H and O–H groups in total. The Kier molecular flexibility index (Phi) is 4.56. The smallest absolute Gasteiger partial charge is 0.356 e. The van der Waals surface area contributed by atoms with Crippen LogP contribution in [0.2, 0.25) is 0 Å². The fourth-order valence-electron chi connectivity index (χ4n) is 3.79. The van der Waals surface area contributed by atoms with E-state index in [4.69, 9.17) is 9.84 Å². The number of esters is 1. The van der Waals surface area contributed by atoms with Gasteiger partial charge in [0.15, 0.2) is 0 Å². The summed E-state index contributed by atoms with van der Waals surface area (Å²) in [6, 6.07) is 18.9. The third kappa shape index (κ3) is 3.25. The molecule has 5 rings (SSSR count). The van der Waals surface area contributed by atoms with Crippen molar-refractivity contribution in [2.75, 3.05) is 7.11 Å². The Balaban J connectivity index is 1.67. The molecule has 1 fully saturated rings. The fourth-order valence-corrected chi connectivity index (χ4v) is 3.79.